The summed E-state index contributed by atoms with van der Waals surface area (Å²) in [6.45, 7) is 23.2. The zero-order chi connectivity index (χ0) is 15.8. The van der Waals surface area contributed by atoms with Crippen molar-refractivity contribution in [3.05, 3.63) is 0 Å². The highest BCUT2D eigenvalue weighted by molar-refractivity contribution is 7.67. The fourth-order valence-electron chi connectivity index (χ4n) is 3.48. The van der Waals surface area contributed by atoms with Gasteiger partial charge in [-0.15, -0.1) is 0 Å². The van der Waals surface area contributed by atoms with Crippen molar-refractivity contribution in [2.24, 2.45) is 0 Å². The predicted molar refractivity (Wildman–Crippen MR) is 101 cm³/mol. The zero-order valence-corrected chi connectivity index (χ0v) is 19.2. The Morgan fingerprint density at radius 3 is 2.15 bits per heavy atom. The standard InChI is InChI=1S/C14H36O2Si4/c1-14-13-18(5,6)19(7,8)20(9,16-14)12-10-11-15-17(2,3)4/h14H,10-13H2,1-9H3. The van der Waals surface area contributed by atoms with E-state index in [9.17, 15) is 0 Å². The minimum absolute atomic E-state index is 0.506. The van der Waals surface area contributed by atoms with Crippen molar-refractivity contribution in [3.63, 3.8) is 0 Å². The van der Waals surface area contributed by atoms with E-state index in [4.69, 9.17) is 8.85 Å². The van der Waals surface area contributed by atoms with Crippen LogP contribution in [0.25, 0.3) is 0 Å². The van der Waals surface area contributed by atoms with Crippen LogP contribution in [0.2, 0.25) is 64.5 Å². The summed E-state index contributed by atoms with van der Waals surface area (Å²) in [6, 6.07) is 2.69. The van der Waals surface area contributed by atoms with Gasteiger partial charge in [-0.3, -0.25) is 0 Å². The molecule has 0 saturated carbocycles. The summed E-state index contributed by atoms with van der Waals surface area (Å²) in [4.78, 5) is 0. The van der Waals surface area contributed by atoms with Crippen molar-refractivity contribution in [1.29, 1.82) is 0 Å². The number of hydrogen-bond donors (Lipinski definition) is 0. The first-order valence-electron chi connectivity index (χ1n) is 8.13. The summed E-state index contributed by atoms with van der Waals surface area (Å²) >= 11 is 0. The third-order valence-corrected chi connectivity index (χ3v) is 47.2. The normalized spacial score (nSPS) is 33.1. The molecule has 1 rings (SSSR count). The maximum Gasteiger partial charge on any atom is 0.183 e. The van der Waals surface area contributed by atoms with E-state index in [2.05, 4.69) is 59.3 Å². The third-order valence-electron chi connectivity index (χ3n) is 5.61. The van der Waals surface area contributed by atoms with Crippen LogP contribution >= 0.6 is 0 Å². The lowest BCUT2D eigenvalue weighted by Crippen LogP contribution is -2.76. The van der Waals surface area contributed by atoms with Gasteiger partial charge in [-0.2, -0.15) is 0 Å². The second-order valence-electron chi connectivity index (χ2n) is 8.94. The number of rotatable bonds is 5. The van der Waals surface area contributed by atoms with E-state index in [0.717, 1.165) is 6.61 Å². The van der Waals surface area contributed by atoms with Crippen LogP contribution in [0.1, 0.15) is 13.3 Å². The lowest BCUT2D eigenvalue weighted by atomic mass is 10.5. The summed E-state index contributed by atoms with van der Waals surface area (Å²) in [5, 5.41) is 0. The Labute approximate surface area is 130 Å². The van der Waals surface area contributed by atoms with Gasteiger partial charge in [0, 0.05) is 20.3 Å². The first kappa shape index (κ1) is 18.8. The van der Waals surface area contributed by atoms with Crippen LogP contribution < -0.4 is 0 Å². The van der Waals surface area contributed by atoms with Gasteiger partial charge in [0.05, 0.1) is 7.11 Å². The van der Waals surface area contributed by atoms with Gasteiger partial charge in [0.2, 0.25) is 0 Å². The molecule has 1 saturated heterocycles. The van der Waals surface area contributed by atoms with Crippen LogP contribution in [0, 0.1) is 0 Å². The molecule has 2 atom stereocenters. The molecule has 0 N–H and O–H groups in total. The molecule has 0 aromatic carbocycles. The van der Waals surface area contributed by atoms with E-state index in [0.29, 0.717) is 6.10 Å². The van der Waals surface area contributed by atoms with E-state index in [1.807, 2.05) is 0 Å². The smallest absolute Gasteiger partial charge is 0.183 e. The maximum atomic E-state index is 6.65. The lowest BCUT2D eigenvalue weighted by Gasteiger charge is -2.55. The molecule has 0 aromatic rings. The summed E-state index contributed by atoms with van der Waals surface area (Å²) < 4.78 is 12.7. The Hall–Kier alpha value is 0.788. The molecule has 1 aliphatic heterocycles. The highest BCUT2D eigenvalue weighted by Gasteiger charge is 2.59. The summed E-state index contributed by atoms with van der Waals surface area (Å²) in [6.07, 6.45) is 1.72. The van der Waals surface area contributed by atoms with Gasteiger partial charge in [-0.05, 0) is 51.6 Å². The molecule has 1 heterocycles. The van der Waals surface area contributed by atoms with Crippen LogP contribution in [0.15, 0.2) is 0 Å². The Morgan fingerprint density at radius 2 is 1.65 bits per heavy atom. The monoisotopic (exact) mass is 348 g/mol. The number of hydrogen-bond acceptors (Lipinski definition) is 2. The molecule has 20 heavy (non-hydrogen) atoms. The SMILES string of the molecule is CC1C[Si](C)(C)[Si](C)(C)[Si](C)(CCCO[Si](C)(C)C)O1. The fourth-order valence-corrected chi connectivity index (χ4v) is 36.7. The predicted octanol–water partition coefficient (Wildman–Crippen LogP) is 4.80. The molecule has 0 amide bonds. The average Bonchev–Trinajstić information content (AvgIpc) is 2.20. The van der Waals surface area contributed by atoms with E-state index in [1.54, 1.807) is 0 Å². The third kappa shape index (κ3) is 4.16. The zero-order valence-electron chi connectivity index (χ0n) is 15.2. The summed E-state index contributed by atoms with van der Waals surface area (Å²) in [7, 11) is -5.14. The van der Waals surface area contributed by atoms with Gasteiger partial charge in [-0.25, -0.2) is 0 Å². The van der Waals surface area contributed by atoms with Crippen molar-refractivity contribution >= 4 is 30.9 Å². The van der Waals surface area contributed by atoms with E-state index in [1.165, 1.54) is 18.5 Å². The van der Waals surface area contributed by atoms with Crippen molar-refractivity contribution in [2.75, 3.05) is 6.61 Å². The molecule has 1 aliphatic rings. The summed E-state index contributed by atoms with van der Waals surface area (Å²) in [5.74, 6) is 0. The molecule has 0 radical (unpaired) electrons. The van der Waals surface area contributed by atoms with Crippen LogP contribution in [0.5, 0.6) is 0 Å². The second-order valence-corrected chi connectivity index (χ2v) is 40.3. The van der Waals surface area contributed by atoms with Crippen molar-refractivity contribution in [2.45, 2.75) is 83.9 Å². The molecule has 1 fully saturated rings. The Kier molecular flexibility index (Phi) is 5.76. The quantitative estimate of drug-likeness (QED) is 0.525. The molecule has 2 nitrogen and oxygen atoms in total. The molecular weight excluding hydrogens is 312 g/mol. The van der Waals surface area contributed by atoms with Gasteiger partial charge in [-0.1, -0.05) is 26.2 Å². The molecule has 0 bridgehead atoms. The van der Waals surface area contributed by atoms with E-state index in [-0.39, 0.29) is 0 Å². The second kappa shape index (κ2) is 6.12. The van der Waals surface area contributed by atoms with Gasteiger partial charge in [0.15, 0.2) is 16.2 Å². The van der Waals surface area contributed by atoms with E-state index < -0.39 is 30.9 Å². The molecule has 0 spiro atoms. The van der Waals surface area contributed by atoms with Crippen LogP contribution in [-0.4, -0.2) is 43.6 Å². The Morgan fingerprint density at radius 1 is 1.10 bits per heavy atom. The molecule has 0 aromatic heterocycles. The molecule has 6 heteroatoms. The molecular formula is C14H36O2Si4. The molecule has 2 unspecified atom stereocenters. The Bertz CT molecular complexity index is 339. The molecule has 0 aliphatic carbocycles. The van der Waals surface area contributed by atoms with Crippen molar-refractivity contribution < 1.29 is 8.85 Å². The maximum absolute atomic E-state index is 6.65. The fraction of sp³-hybridized carbons (Fsp3) is 1.00. The van der Waals surface area contributed by atoms with Gasteiger partial charge >= 0.3 is 0 Å². The van der Waals surface area contributed by atoms with Gasteiger partial charge < -0.3 is 8.85 Å². The van der Waals surface area contributed by atoms with Crippen LogP contribution in [-0.2, 0) is 8.85 Å². The van der Waals surface area contributed by atoms with Crippen LogP contribution in [0.3, 0.4) is 0 Å². The van der Waals surface area contributed by atoms with Crippen molar-refractivity contribution in [3.8, 4) is 0 Å². The first-order chi connectivity index (χ1) is 8.81. The highest BCUT2D eigenvalue weighted by Crippen LogP contribution is 2.41. The van der Waals surface area contributed by atoms with Gasteiger partial charge in [0.25, 0.3) is 0 Å². The van der Waals surface area contributed by atoms with Crippen LogP contribution in [0.4, 0.5) is 0 Å². The largest absolute Gasteiger partial charge is 0.418 e. The average molecular weight is 349 g/mol. The lowest BCUT2D eigenvalue weighted by molar-refractivity contribution is 0.228. The topological polar surface area (TPSA) is 18.5 Å². The first-order valence-corrected chi connectivity index (χ1v) is 22.4. The van der Waals surface area contributed by atoms with Crippen molar-refractivity contribution in [1.82, 2.24) is 0 Å². The minimum Gasteiger partial charge on any atom is -0.418 e. The minimum atomic E-state index is -1.52. The van der Waals surface area contributed by atoms with E-state index >= 15 is 0 Å². The van der Waals surface area contributed by atoms with Gasteiger partial charge in [0.1, 0.15) is 0 Å². The highest BCUT2D eigenvalue weighted by atomic mass is 29.6. The summed E-state index contributed by atoms with van der Waals surface area (Å²) in [5.41, 5.74) is 0. The molecule has 120 valence electrons. The Balaban J connectivity index is 2.69.